The summed E-state index contributed by atoms with van der Waals surface area (Å²) in [7, 11) is 0. The molecule has 0 aliphatic carbocycles. The van der Waals surface area contributed by atoms with E-state index in [2.05, 4.69) is 0 Å². The second kappa shape index (κ2) is 7.13. The zero-order valence-electron chi connectivity index (χ0n) is 13.6. The molecule has 0 bridgehead atoms. The van der Waals surface area contributed by atoms with Gasteiger partial charge in [0.05, 0.1) is 17.8 Å². The quantitative estimate of drug-likeness (QED) is 0.696. The first-order valence-corrected chi connectivity index (χ1v) is 7.97. The van der Waals surface area contributed by atoms with Crippen LogP contribution in [0.15, 0.2) is 70.0 Å². The Labute approximate surface area is 140 Å². The van der Waals surface area contributed by atoms with Crippen LogP contribution >= 0.6 is 0 Å². The van der Waals surface area contributed by atoms with Crippen molar-refractivity contribution in [2.45, 2.75) is 26.3 Å². The molecule has 0 atom stereocenters. The first kappa shape index (κ1) is 16.0. The summed E-state index contributed by atoms with van der Waals surface area (Å²) in [6.45, 7) is 1.90. The van der Waals surface area contributed by atoms with Gasteiger partial charge < -0.3 is 4.52 Å². The fraction of sp³-hybridized carbons (Fsp3) is 0.200. The summed E-state index contributed by atoms with van der Waals surface area (Å²) in [5.41, 5.74) is 2.99. The van der Waals surface area contributed by atoms with Crippen molar-refractivity contribution >= 4 is 5.78 Å². The minimum absolute atomic E-state index is 0.0648. The van der Waals surface area contributed by atoms with Crippen LogP contribution in [0.3, 0.4) is 0 Å². The van der Waals surface area contributed by atoms with Crippen LogP contribution in [0.5, 0.6) is 0 Å². The Bertz CT molecular complexity index is 876. The van der Waals surface area contributed by atoms with E-state index < -0.39 is 0 Å². The molecule has 0 spiro atoms. The number of benzene rings is 2. The Hall–Kier alpha value is -2.88. The highest BCUT2D eigenvalue weighted by atomic mass is 16.5. The Balaban J connectivity index is 2.07. The Morgan fingerprint density at radius 3 is 2.25 bits per heavy atom. The smallest absolute Gasteiger partial charge is 0.336 e. The Kier molecular flexibility index (Phi) is 4.75. The average molecular weight is 321 g/mol. The van der Waals surface area contributed by atoms with Crippen molar-refractivity contribution in [3.8, 4) is 11.3 Å². The molecular formula is C20H19NO3. The molecule has 24 heavy (non-hydrogen) atoms. The highest BCUT2D eigenvalue weighted by molar-refractivity contribution is 5.75. The first-order chi connectivity index (χ1) is 11.6. The SMILES string of the molecule is CC(=O)CCn1oc(=O)c(Cc2ccccc2)c1-c1ccccc1. The van der Waals surface area contributed by atoms with Crippen LogP contribution in [0.4, 0.5) is 0 Å². The number of nitrogens with zero attached hydrogens (tertiary/aromatic N) is 1. The summed E-state index contributed by atoms with van der Waals surface area (Å²) in [5, 5.41) is 0. The molecule has 0 fully saturated rings. The minimum Gasteiger partial charge on any atom is -0.336 e. The van der Waals surface area contributed by atoms with Gasteiger partial charge in [0.25, 0.3) is 0 Å². The van der Waals surface area contributed by atoms with E-state index in [1.165, 1.54) is 6.92 Å². The Morgan fingerprint density at radius 2 is 1.62 bits per heavy atom. The molecule has 0 saturated carbocycles. The number of rotatable bonds is 6. The van der Waals surface area contributed by atoms with Gasteiger partial charge in [0, 0.05) is 18.4 Å². The molecule has 0 unspecified atom stereocenters. The van der Waals surface area contributed by atoms with E-state index in [9.17, 15) is 9.59 Å². The number of ketones is 1. The van der Waals surface area contributed by atoms with Gasteiger partial charge in [-0.1, -0.05) is 60.7 Å². The maximum absolute atomic E-state index is 12.4. The number of aromatic nitrogens is 1. The molecule has 122 valence electrons. The van der Waals surface area contributed by atoms with E-state index in [1.54, 1.807) is 4.74 Å². The number of Topliss-reactive ketones (excluding diaryl/α,β-unsaturated/α-hetero) is 1. The number of carbonyl (C=O) groups excluding carboxylic acids is 1. The molecule has 4 heteroatoms. The number of aryl methyl sites for hydroxylation is 1. The Morgan fingerprint density at radius 1 is 1.00 bits per heavy atom. The van der Waals surface area contributed by atoms with Crippen molar-refractivity contribution in [1.29, 1.82) is 0 Å². The van der Waals surface area contributed by atoms with Crippen molar-refractivity contribution in [2.24, 2.45) is 0 Å². The maximum atomic E-state index is 12.4. The maximum Gasteiger partial charge on any atom is 0.361 e. The van der Waals surface area contributed by atoms with Crippen LogP contribution in [-0.2, 0) is 17.8 Å². The average Bonchev–Trinajstić information content (AvgIpc) is 2.90. The molecule has 0 N–H and O–H groups in total. The van der Waals surface area contributed by atoms with Gasteiger partial charge in [-0.3, -0.25) is 4.79 Å². The number of hydrogen-bond acceptors (Lipinski definition) is 3. The summed E-state index contributed by atoms with van der Waals surface area (Å²) in [6.07, 6.45) is 0.836. The van der Waals surface area contributed by atoms with Crippen molar-refractivity contribution in [3.05, 3.63) is 82.2 Å². The molecule has 2 aromatic carbocycles. The lowest BCUT2D eigenvalue weighted by Gasteiger charge is -2.08. The van der Waals surface area contributed by atoms with E-state index in [4.69, 9.17) is 4.52 Å². The molecule has 0 aliphatic heterocycles. The first-order valence-electron chi connectivity index (χ1n) is 7.97. The van der Waals surface area contributed by atoms with Crippen molar-refractivity contribution in [3.63, 3.8) is 0 Å². The van der Waals surface area contributed by atoms with E-state index in [1.807, 2.05) is 60.7 Å². The van der Waals surface area contributed by atoms with Gasteiger partial charge in [-0.15, -0.1) is 0 Å². The van der Waals surface area contributed by atoms with Crippen molar-refractivity contribution in [2.75, 3.05) is 0 Å². The van der Waals surface area contributed by atoms with E-state index in [0.717, 1.165) is 16.8 Å². The summed E-state index contributed by atoms with van der Waals surface area (Å²) < 4.78 is 6.98. The highest BCUT2D eigenvalue weighted by Gasteiger charge is 2.19. The van der Waals surface area contributed by atoms with Crippen molar-refractivity contribution in [1.82, 2.24) is 4.74 Å². The highest BCUT2D eigenvalue weighted by Crippen LogP contribution is 2.24. The summed E-state index contributed by atoms with van der Waals surface area (Å²) in [6, 6.07) is 19.5. The van der Waals surface area contributed by atoms with Gasteiger partial charge in [0.2, 0.25) is 0 Å². The van der Waals surface area contributed by atoms with Gasteiger partial charge in [-0.2, -0.15) is 0 Å². The van der Waals surface area contributed by atoms with Gasteiger partial charge in [-0.25, -0.2) is 9.53 Å². The van der Waals surface area contributed by atoms with Gasteiger partial charge in [0.1, 0.15) is 5.78 Å². The molecule has 0 radical (unpaired) electrons. The normalized spacial score (nSPS) is 10.7. The van der Waals surface area contributed by atoms with Crippen LogP contribution in [0.25, 0.3) is 11.3 Å². The van der Waals surface area contributed by atoms with Gasteiger partial charge >= 0.3 is 5.63 Å². The standard InChI is InChI=1S/C20H19NO3/c1-15(22)12-13-21-19(17-10-6-3-7-11-17)18(20(23)24-21)14-16-8-4-2-5-9-16/h2-11H,12-14H2,1H3. The van der Waals surface area contributed by atoms with Crippen molar-refractivity contribution < 1.29 is 9.32 Å². The monoisotopic (exact) mass is 321 g/mol. The zero-order chi connectivity index (χ0) is 16.9. The largest absolute Gasteiger partial charge is 0.361 e. The number of hydrogen-bond donors (Lipinski definition) is 0. The molecule has 0 amide bonds. The number of carbonyl (C=O) groups is 1. The molecule has 4 nitrogen and oxygen atoms in total. The van der Waals surface area contributed by atoms with E-state index >= 15 is 0 Å². The lowest BCUT2D eigenvalue weighted by Crippen LogP contribution is -2.04. The zero-order valence-corrected chi connectivity index (χ0v) is 13.6. The van der Waals surface area contributed by atoms with E-state index in [0.29, 0.717) is 24.9 Å². The van der Waals surface area contributed by atoms with Gasteiger partial charge in [0.15, 0.2) is 0 Å². The fourth-order valence-corrected chi connectivity index (χ4v) is 2.73. The third-order valence-corrected chi connectivity index (χ3v) is 3.91. The molecule has 1 aromatic heterocycles. The van der Waals surface area contributed by atoms with Crippen LogP contribution < -0.4 is 5.63 Å². The van der Waals surface area contributed by atoms with Gasteiger partial charge in [-0.05, 0) is 12.5 Å². The fourth-order valence-electron chi connectivity index (χ4n) is 2.73. The minimum atomic E-state index is -0.346. The summed E-state index contributed by atoms with van der Waals surface area (Å²) in [5.74, 6) is 0.0648. The molecule has 3 aromatic rings. The molecule has 1 heterocycles. The second-order valence-corrected chi connectivity index (χ2v) is 5.79. The molecular weight excluding hydrogens is 302 g/mol. The lowest BCUT2D eigenvalue weighted by atomic mass is 10.0. The molecule has 3 rings (SSSR count). The van der Waals surface area contributed by atoms with E-state index in [-0.39, 0.29) is 11.4 Å². The van der Waals surface area contributed by atoms with Crippen LogP contribution in [0.1, 0.15) is 24.5 Å². The lowest BCUT2D eigenvalue weighted by molar-refractivity contribution is -0.117. The predicted molar refractivity (Wildman–Crippen MR) is 93.0 cm³/mol. The topological polar surface area (TPSA) is 52.2 Å². The molecule has 0 saturated heterocycles. The predicted octanol–water partition coefficient (Wildman–Crippen LogP) is 3.68. The van der Waals surface area contributed by atoms with Crippen LogP contribution in [-0.4, -0.2) is 10.5 Å². The summed E-state index contributed by atoms with van der Waals surface area (Å²) in [4.78, 5) is 23.7. The summed E-state index contributed by atoms with van der Waals surface area (Å²) >= 11 is 0. The van der Waals surface area contributed by atoms with Crippen LogP contribution in [0.2, 0.25) is 0 Å². The molecule has 0 aliphatic rings. The second-order valence-electron chi connectivity index (χ2n) is 5.79. The van der Waals surface area contributed by atoms with Crippen LogP contribution in [0, 0.1) is 0 Å². The third kappa shape index (κ3) is 3.54. The third-order valence-electron chi connectivity index (χ3n) is 3.91.